The van der Waals surface area contributed by atoms with Gasteiger partial charge in [-0.3, -0.25) is 0 Å². The first-order valence-corrected chi connectivity index (χ1v) is 5.89. The lowest BCUT2D eigenvalue weighted by atomic mass is 9.92. The first-order chi connectivity index (χ1) is 7.72. The molecule has 1 aliphatic heterocycles. The van der Waals surface area contributed by atoms with Crippen molar-refractivity contribution in [2.24, 2.45) is 0 Å². The van der Waals surface area contributed by atoms with Crippen LogP contribution in [0.25, 0.3) is 0 Å². The van der Waals surface area contributed by atoms with Crippen LogP contribution in [0.3, 0.4) is 0 Å². The molecule has 1 N–H and O–H groups in total. The van der Waals surface area contributed by atoms with Crippen molar-refractivity contribution in [3.63, 3.8) is 0 Å². The lowest BCUT2D eigenvalue weighted by Crippen LogP contribution is -2.33. The fourth-order valence-corrected chi connectivity index (χ4v) is 2.18. The molecule has 0 bridgehead atoms. The molecule has 0 spiro atoms. The van der Waals surface area contributed by atoms with Crippen LogP contribution in [0.2, 0.25) is 0 Å². The van der Waals surface area contributed by atoms with Crippen LogP contribution in [0.15, 0.2) is 46.9 Å². The van der Waals surface area contributed by atoms with Crippen LogP contribution in [-0.2, 0) is 4.74 Å². The summed E-state index contributed by atoms with van der Waals surface area (Å²) in [5.41, 5.74) is 3.79. The molecule has 0 aromatic rings. The Labute approximate surface area is 97.4 Å². The lowest BCUT2D eigenvalue weighted by Gasteiger charge is -2.29. The maximum absolute atomic E-state index is 5.79. The summed E-state index contributed by atoms with van der Waals surface area (Å²) >= 11 is 0. The number of rotatable bonds is 3. The molecular weight excluding hydrogens is 198 g/mol. The van der Waals surface area contributed by atoms with Crippen LogP contribution >= 0.6 is 0 Å². The average molecular weight is 217 g/mol. The number of allylic oxidation sites excluding steroid dienone is 5. The fourth-order valence-electron chi connectivity index (χ4n) is 2.18. The molecule has 0 fully saturated rings. The van der Waals surface area contributed by atoms with Gasteiger partial charge < -0.3 is 10.1 Å². The molecule has 0 aromatic carbocycles. The third-order valence-corrected chi connectivity index (χ3v) is 2.83. The monoisotopic (exact) mass is 217 g/mol. The maximum Gasteiger partial charge on any atom is 0.125 e. The number of nitrogens with one attached hydrogen (secondary N) is 1. The van der Waals surface area contributed by atoms with Gasteiger partial charge in [0.2, 0.25) is 0 Å². The third kappa shape index (κ3) is 2.06. The molecule has 0 saturated carbocycles. The fraction of sp³-hybridized carbons (Fsp3) is 0.429. The lowest BCUT2D eigenvalue weighted by molar-refractivity contribution is 0.216. The number of ether oxygens (including phenoxy) is 1. The van der Waals surface area contributed by atoms with Crippen LogP contribution in [-0.4, -0.2) is 12.6 Å². The Kier molecular flexibility index (Phi) is 3.18. The maximum atomic E-state index is 5.79. The van der Waals surface area contributed by atoms with E-state index in [0.717, 1.165) is 18.8 Å². The van der Waals surface area contributed by atoms with Crippen LogP contribution in [0.1, 0.15) is 27.2 Å². The van der Waals surface area contributed by atoms with Gasteiger partial charge in [0.05, 0.1) is 12.6 Å². The molecule has 2 aliphatic rings. The predicted octanol–water partition coefficient (Wildman–Crippen LogP) is 3.06. The molecule has 16 heavy (non-hydrogen) atoms. The largest absolute Gasteiger partial charge is 0.493 e. The predicted molar refractivity (Wildman–Crippen MR) is 66.8 cm³/mol. The summed E-state index contributed by atoms with van der Waals surface area (Å²) in [6.45, 7) is 7.15. The Balaban J connectivity index is 2.29. The van der Waals surface area contributed by atoms with Crippen LogP contribution in [0.5, 0.6) is 0 Å². The second-order valence-corrected chi connectivity index (χ2v) is 4.31. The minimum atomic E-state index is 0.279. The van der Waals surface area contributed by atoms with Gasteiger partial charge in [0.15, 0.2) is 0 Å². The van der Waals surface area contributed by atoms with Crippen molar-refractivity contribution in [2.75, 3.05) is 6.61 Å². The summed E-state index contributed by atoms with van der Waals surface area (Å²) in [6.07, 6.45) is 9.52. The summed E-state index contributed by atoms with van der Waals surface area (Å²) in [6, 6.07) is 0.279. The van der Waals surface area contributed by atoms with E-state index < -0.39 is 0 Å². The minimum absolute atomic E-state index is 0.279. The number of hydrogen-bond donors (Lipinski definition) is 1. The van der Waals surface area contributed by atoms with Crippen LogP contribution < -0.4 is 5.32 Å². The molecule has 0 aromatic heterocycles. The average Bonchev–Trinajstić information content (AvgIpc) is 2.25. The van der Waals surface area contributed by atoms with E-state index in [9.17, 15) is 0 Å². The van der Waals surface area contributed by atoms with Crippen molar-refractivity contribution in [3.8, 4) is 0 Å². The molecule has 2 rings (SSSR count). The number of dihydropyridines is 1. The van der Waals surface area contributed by atoms with E-state index in [0.29, 0.717) is 0 Å². The van der Waals surface area contributed by atoms with Gasteiger partial charge in [0.1, 0.15) is 5.76 Å². The number of hydrogen-bond acceptors (Lipinski definition) is 2. The van der Waals surface area contributed by atoms with Crippen molar-refractivity contribution in [3.05, 3.63) is 46.9 Å². The Bertz CT molecular complexity index is 399. The third-order valence-electron chi connectivity index (χ3n) is 2.83. The van der Waals surface area contributed by atoms with Gasteiger partial charge in [-0.1, -0.05) is 19.1 Å². The summed E-state index contributed by atoms with van der Waals surface area (Å²) in [5.74, 6) is 1.02. The second kappa shape index (κ2) is 4.60. The summed E-state index contributed by atoms with van der Waals surface area (Å²) in [5, 5.41) is 3.45. The standard InChI is InChI=1S/C14H19NO/c1-4-8-16-13-7-5-6-12-14(13)10(2)9-11(3)15-12/h5-7,9,12,15H,4,8H2,1-3H3. The normalized spacial score (nSPS) is 23.3. The first kappa shape index (κ1) is 11.1. The Morgan fingerprint density at radius 2 is 2.19 bits per heavy atom. The van der Waals surface area contributed by atoms with Crippen molar-refractivity contribution in [1.82, 2.24) is 5.32 Å². The van der Waals surface area contributed by atoms with E-state index in [2.05, 4.69) is 50.4 Å². The van der Waals surface area contributed by atoms with E-state index in [1.54, 1.807) is 0 Å². The zero-order valence-corrected chi connectivity index (χ0v) is 10.2. The first-order valence-electron chi connectivity index (χ1n) is 5.89. The van der Waals surface area contributed by atoms with E-state index in [-0.39, 0.29) is 6.04 Å². The van der Waals surface area contributed by atoms with Crippen LogP contribution in [0, 0.1) is 0 Å². The second-order valence-electron chi connectivity index (χ2n) is 4.31. The van der Waals surface area contributed by atoms with E-state index in [1.165, 1.54) is 16.8 Å². The molecular formula is C14H19NO. The molecule has 1 heterocycles. The topological polar surface area (TPSA) is 21.3 Å². The van der Waals surface area contributed by atoms with Crippen molar-refractivity contribution >= 4 is 0 Å². The Morgan fingerprint density at radius 3 is 2.94 bits per heavy atom. The molecule has 2 nitrogen and oxygen atoms in total. The van der Waals surface area contributed by atoms with Crippen molar-refractivity contribution in [2.45, 2.75) is 33.2 Å². The summed E-state index contributed by atoms with van der Waals surface area (Å²) in [4.78, 5) is 0. The number of fused-ring (bicyclic) bond motifs is 1. The molecule has 0 radical (unpaired) electrons. The van der Waals surface area contributed by atoms with Gasteiger partial charge in [-0.2, -0.15) is 0 Å². The molecule has 1 atom stereocenters. The van der Waals surface area contributed by atoms with Gasteiger partial charge >= 0.3 is 0 Å². The van der Waals surface area contributed by atoms with Gasteiger partial charge in [0.25, 0.3) is 0 Å². The van der Waals surface area contributed by atoms with E-state index in [1.807, 2.05) is 0 Å². The molecule has 1 aliphatic carbocycles. The highest BCUT2D eigenvalue weighted by atomic mass is 16.5. The van der Waals surface area contributed by atoms with Crippen molar-refractivity contribution < 1.29 is 4.74 Å². The highest BCUT2D eigenvalue weighted by Gasteiger charge is 2.23. The SMILES string of the molecule is CCCOC1=CC=CC2NC(C)=CC(C)=C12. The van der Waals surface area contributed by atoms with E-state index in [4.69, 9.17) is 4.74 Å². The van der Waals surface area contributed by atoms with Gasteiger partial charge in [-0.05, 0) is 38.0 Å². The van der Waals surface area contributed by atoms with E-state index >= 15 is 0 Å². The molecule has 0 saturated heterocycles. The zero-order chi connectivity index (χ0) is 11.5. The van der Waals surface area contributed by atoms with Gasteiger partial charge in [0, 0.05) is 11.3 Å². The molecule has 1 unspecified atom stereocenters. The molecule has 2 heteroatoms. The van der Waals surface area contributed by atoms with Crippen molar-refractivity contribution in [1.29, 1.82) is 0 Å². The smallest absolute Gasteiger partial charge is 0.125 e. The summed E-state index contributed by atoms with van der Waals surface area (Å²) < 4.78 is 5.79. The molecule has 86 valence electrons. The zero-order valence-electron chi connectivity index (χ0n) is 10.2. The van der Waals surface area contributed by atoms with Gasteiger partial charge in [-0.15, -0.1) is 0 Å². The Morgan fingerprint density at radius 1 is 1.38 bits per heavy atom. The quantitative estimate of drug-likeness (QED) is 0.784. The minimum Gasteiger partial charge on any atom is -0.493 e. The Hall–Kier alpha value is -1.44. The highest BCUT2D eigenvalue weighted by Crippen LogP contribution is 2.29. The highest BCUT2D eigenvalue weighted by molar-refractivity contribution is 5.50. The van der Waals surface area contributed by atoms with Crippen LogP contribution in [0.4, 0.5) is 0 Å². The molecule has 0 amide bonds. The van der Waals surface area contributed by atoms with Gasteiger partial charge in [-0.25, -0.2) is 0 Å². The summed E-state index contributed by atoms with van der Waals surface area (Å²) in [7, 11) is 0.